The van der Waals surface area contributed by atoms with Crippen LogP contribution in [0.1, 0.15) is 46.1 Å². The van der Waals surface area contributed by atoms with Crippen molar-refractivity contribution in [1.82, 2.24) is 10.3 Å². The van der Waals surface area contributed by atoms with Crippen molar-refractivity contribution in [2.24, 2.45) is 5.92 Å². The Balaban J connectivity index is 2.10. The van der Waals surface area contributed by atoms with Gasteiger partial charge in [0.15, 0.2) is 0 Å². The Morgan fingerprint density at radius 3 is 2.68 bits per heavy atom. The maximum absolute atomic E-state index is 4.30. The standard InChI is InChI=1S/C16H27N3/c1-12(13-6-7-13)19(5)15-11-17-9-8-14(15)10-18-16(2,3)4/h8-9,11-13,18H,6-7,10H2,1-5H3. The van der Waals surface area contributed by atoms with Gasteiger partial charge in [-0.1, -0.05) is 0 Å². The first-order chi connectivity index (χ1) is 8.88. The molecule has 2 rings (SSSR count). The summed E-state index contributed by atoms with van der Waals surface area (Å²) in [5.74, 6) is 0.869. The van der Waals surface area contributed by atoms with Crippen LogP contribution in [0.4, 0.5) is 5.69 Å². The van der Waals surface area contributed by atoms with Crippen molar-refractivity contribution in [3.8, 4) is 0 Å². The van der Waals surface area contributed by atoms with Gasteiger partial charge in [0, 0.05) is 31.4 Å². The SMILES string of the molecule is CC(C1CC1)N(C)c1cnccc1CNC(C)(C)C. The van der Waals surface area contributed by atoms with E-state index in [1.807, 2.05) is 12.4 Å². The molecule has 1 atom stereocenters. The van der Waals surface area contributed by atoms with Gasteiger partial charge in [-0.3, -0.25) is 4.98 Å². The van der Waals surface area contributed by atoms with Crippen LogP contribution < -0.4 is 10.2 Å². The van der Waals surface area contributed by atoms with Gasteiger partial charge >= 0.3 is 0 Å². The first-order valence-electron chi connectivity index (χ1n) is 7.29. The molecule has 0 bridgehead atoms. The predicted octanol–water partition coefficient (Wildman–Crippen LogP) is 3.20. The number of rotatable bonds is 5. The molecular formula is C16H27N3. The van der Waals surface area contributed by atoms with Crippen LogP contribution in [0.5, 0.6) is 0 Å². The average molecular weight is 261 g/mol. The second-order valence-electron chi connectivity index (χ2n) is 6.80. The summed E-state index contributed by atoms with van der Waals surface area (Å²) in [6.45, 7) is 9.81. The summed E-state index contributed by atoms with van der Waals surface area (Å²) in [4.78, 5) is 6.70. The summed E-state index contributed by atoms with van der Waals surface area (Å²) in [6.07, 6.45) is 6.64. The van der Waals surface area contributed by atoms with Crippen molar-refractivity contribution in [2.45, 2.75) is 58.7 Å². The van der Waals surface area contributed by atoms with Gasteiger partial charge in [-0.05, 0) is 58.1 Å². The molecule has 1 N–H and O–H groups in total. The Kier molecular flexibility index (Phi) is 4.14. The lowest BCUT2D eigenvalue weighted by atomic mass is 10.1. The first kappa shape index (κ1) is 14.3. The third kappa shape index (κ3) is 3.93. The van der Waals surface area contributed by atoms with Gasteiger partial charge in [0.2, 0.25) is 0 Å². The molecule has 1 aliphatic carbocycles. The number of pyridine rings is 1. The van der Waals surface area contributed by atoms with Crippen LogP contribution >= 0.6 is 0 Å². The van der Waals surface area contributed by atoms with Crippen LogP contribution in [0.15, 0.2) is 18.5 Å². The second kappa shape index (κ2) is 5.49. The van der Waals surface area contributed by atoms with Crippen LogP contribution in [0.3, 0.4) is 0 Å². The van der Waals surface area contributed by atoms with Gasteiger partial charge in [0.05, 0.1) is 11.9 Å². The zero-order valence-electron chi connectivity index (χ0n) is 12.9. The second-order valence-corrected chi connectivity index (χ2v) is 6.80. The topological polar surface area (TPSA) is 28.2 Å². The highest BCUT2D eigenvalue weighted by Gasteiger charge is 2.31. The molecule has 1 aromatic heterocycles. The summed E-state index contributed by atoms with van der Waals surface area (Å²) >= 11 is 0. The molecule has 3 nitrogen and oxygen atoms in total. The largest absolute Gasteiger partial charge is 0.370 e. The summed E-state index contributed by atoms with van der Waals surface area (Å²) in [7, 11) is 2.20. The summed E-state index contributed by atoms with van der Waals surface area (Å²) < 4.78 is 0. The highest BCUT2D eigenvalue weighted by molar-refractivity contribution is 5.52. The number of anilines is 1. The lowest BCUT2D eigenvalue weighted by molar-refractivity contribution is 0.424. The summed E-state index contributed by atoms with van der Waals surface area (Å²) in [5, 5.41) is 3.56. The van der Waals surface area contributed by atoms with E-state index in [4.69, 9.17) is 0 Å². The maximum atomic E-state index is 4.30. The van der Waals surface area contributed by atoms with Crippen molar-refractivity contribution < 1.29 is 0 Å². The highest BCUT2D eigenvalue weighted by Crippen LogP contribution is 2.36. The Bertz CT molecular complexity index is 418. The fourth-order valence-electron chi connectivity index (χ4n) is 2.36. The molecule has 1 saturated carbocycles. The van der Waals surface area contributed by atoms with Gasteiger partial charge in [-0.25, -0.2) is 0 Å². The molecule has 106 valence electrons. The Hall–Kier alpha value is -1.09. The van der Waals surface area contributed by atoms with Crippen LogP contribution in [-0.4, -0.2) is 23.6 Å². The highest BCUT2D eigenvalue weighted by atomic mass is 15.1. The molecule has 0 aliphatic heterocycles. The molecule has 19 heavy (non-hydrogen) atoms. The van der Waals surface area contributed by atoms with Gasteiger partial charge in [0.25, 0.3) is 0 Å². The lowest BCUT2D eigenvalue weighted by Gasteiger charge is -2.30. The average Bonchev–Trinajstić information content (AvgIpc) is 3.18. The third-order valence-electron chi connectivity index (χ3n) is 3.99. The summed E-state index contributed by atoms with van der Waals surface area (Å²) in [5.41, 5.74) is 2.74. The van der Waals surface area contributed by atoms with Crippen LogP contribution in [0.2, 0.25) is 0 Å². The maximum Gasteiger partial charge on any atom is 0.0598 e. The van der Waals surface area contributed by atoms with E-state index in [0.29, 0.717) is 6.04 Å². The predicted molar refractivity (Wildman–Crippen MR) is 81.4 cm³/mol. The monoisotopic (exact) mass is 261 g/mol. The van der Waals surface area contributed by atoms with E-state index >= 15 is 0 Å². The molecule has 0 amide bonds. The number of nitrogens with one attached hydrogen (secondary N) is 1. The third-order valence-corrected chi connectivity index (χ3v) is 3.99. The molecule has 0 radical (unpaired) electrons. The van der Waals surface area contributed by atoms with Crippen LogP contribution in [0, 0.1) is 5.92 Å². The quantitative estimate of drug-likeness (QED) is 0.882. The molecule has 0 saturated heterocycles. The van der Waals surface area contributed by atoms with E-state index in [-0.39, 0.29) is 5.54 Å². The van der Waals surface area contributed by atoms with E-state index in [2.05, 4.69) is 56.0 Å². The minimum Gasteiger partial charge on any atom is -0.370 e. The summed E-state index contributed by atoms with van der Waals surface area (Å²) in [6, 6.07) is 2.74. The molecular weight excluding hydrogens is 234 g/mol. The van der Waals surface area contributed by atoms with Crippen LogP contribution in [0.25, 0.3) is 0 Å². The normalized spacial score (nSPS) is 17.3. The Labute approximate surface area is 117 Å². The fraction of sp³-hybridized carbons (Fsp3) is 0.688. The Morgan fingerprint density at radius 2 is 2.11 bits per heavy atom. The number of nitrogens with zero attached hydrogens (tertiary/aromatic N) is 2. The molecule has 1 aromatic rings. The zero-order chi connectivity index (χ0) is 14.0. The van der Waals surface area contributed by atoms with Gasteiger partial charge in [0.1, 0.15) is 0 Å². The van der Waals surface area contributed by atoms with E-state index in [9.17, 15) is 0 Å². The molecule has 3 heteroatoms. The molecule has 0 aromatic carbocycles. The van der Waals surface area contributed by atoms with Crippen LogP contribution in [-0.2, 0) is 6.54 Å². The minimum atomic E-state index is 0.140. The first-order valence-corrected chi connectivity index (χ1v) is 7.29. The van der Waals surface area contributed by atoms with Gasteiger partial charge < -0.3 is 10.2 Å². The smallest absolute Gasteiger partial charge is 0.0598 e. The number of hydrogen-bond acceptors (Lipinski definition) is 3. The molecule has 1 aliphatic rings. The zero-order valence-corrected chi connectivity index (χ0v) is 12.9. The van der Waals surface area contributed by atoms with Gasteiger partial charge in [-0.15, -0.1) is 0 Å². The van der Waals surface area contributed by atoms with Crippen molar-refractivity contribution in [2.75, 3.05) is 11.9 Å². The Morgan fingerprint density at radius 1 is 1.42 bits per heavy atom. The number of aromatic nitrogens is 1. The van der Waals surface area contributed by atoms with Crippen molar-refractivity contribution in [1.29, 1.82) is 0 Å². The lowest BCUT2D eigenvalue weighted by Crippen LogP contribution is -2.36. The van der Waals surface area contributed by atoms with E-state index in [1.54, 1.807) is 0 Å². The van der Waals surface area contributed by atoms with E-state index in [1.165, 1.54) is 24.1 Å². The molecule has 1 unspecified atom stereocenters. The molecule has 1 heterocycles. The minimum absolute atomic E-state index is 0.140. The number of hydrogen-bond donors (Lipinski definition) is 1. The van der Waals surface area contributed by atoms with Gasteiger partial charge in [-0.2, -0.15) is 0 Å². The van der Waals surface area contributed by atoms with Crippen molar-refractivity contribution in [3.05, 3.63) is 24.0 Å². The van der Waals surface area contributed by atoms with Crippen molar-refractivity contribution >= 4 is 5.69 Å². The molecule has 0 spiro atoms. The fourth-order valence-corrected chi connectivity index (χ4v) is 2.36. The van der Waals surface area contributed by atoms with Crippen molar-refractivity contribution in [3.63, 3.8) is 0 Å². The van der Waals surface area contributed by atoms with E-state index < -0.39 is 0 Å². The molecule has 1 fully saturated rings. The van der Waals surface area contributed by atoms with E-state index in [0.717, 1.165) is 12.5 Å².